The Bertz CT molecular complexity index is 903. The number of hydrogen-bond acceptors (Lipinski definition) is 6. The van der Waals surface area contributed by atoms with Gasteiger partial charge in [0.25, 0.3) is 0 Å². The van der Waals surface area contributed by atoms with Crippen LogP contribution in [0.25, 0.3) is 0 Å². The summed E-state index contributed by atoms with van der Waals surface area (Å²) in [5.74, 6) is -2.23. The second kappa shape index (κ2) is 5.38. The quantitative estimate of drug-likeness (QED) is 0.576. The number of halogens is 1. The lowest BCUT2D eigenvalue weighted by atomic mass is 9.76. The van der Waals surface area contributed by atoms with Crippen molar-refractivity contribution in [2.24, 2.45) is 11.8 Å². The lowest BCUT2D eigenvalue weighted by molar-refractivity contribution is -0.180. The molecule has 3 fully saturated rings. The van der Waals surface area contributed by atoms with Gasteiger partial charge in [-0.2, -0.15) is 5.26 Å². The molecule has 0 aromatic heterocycles. The van der Waals surface area contributed by atoms with Gasteiger partial charge in [-0.25, -0.2) is 4.90 Å². The zero-order chi connectivity index (χ0) is 18.1. The summed E-state index contributed by atoms with van der Waals surface area (Å²) in [6.45, 7) is 0.814. The van der Waals surface area contributed by atoms with Crippen molar-refractivity contribution in [3.05, 3.63) is 40.9 Å². The van der Waals surface area contributed by atoms with Gasteiger partial charge in [0.2, 0.25) is 11.8 Å². The number of benzene rings is 1. The minimum atomic E-state index is -1.11. The van der Waals surface area contributed by atoms with Crippen molar-refractivity contribution in [3.63, 3.8) is 0 Å². The minimum absolute atomic E-state index is 0.201. The molecule has 4 heterocycles. The lowest BCUT2D eigenvalue weighted by Gasteiger charge is -2.32. The molecule has 0 saturated carbocycles. The van der Waals surface area contributed by atoms with Crippen LogP contribution in [-0.4, -0.2) is 43.0 Å². The molecule has 0 aliphatic carbocycles. The number of nitriles is 1. The first-order valence-electron chi connectivity index (χ1n) is 8.24. The van der Waals surface area contributed by atoms with E-state index in [-0.39, 0.29) is 11.3 Å². The van der Waals surface area contributed by atoms with Crippen LogP contribution in [0.3, 0.4) is 0 Å². The minimum Gasteiger partial charge on any atom is -0.357 e. The molecular formula is C18H13ClN2O5. The summed E-state index contributed by atoms with van der Waals surface area (Å²) in [6, 6.07) is 6.51. The molecule has 132 valence electrons. The van der Waals surface area contributed by atoms with E-state index in [1.54, 1.807) is 18.2 Å². The number of nitrogens with zero attached hydrogens (tertiary/aromatic N) is 2. The molecule has 4 aliphatic heterocycles. The monoisotopic (exact) mass is 372 g/mol. The molecule has 1 aromatic rings. The first-order chi connectivity index (χ1) is 12.6. The van der Waals surface area contributed by atoms with Gasteiger partial charge in [0.1, 0.15) is 6.07 Å². The molecular weight excluding hydrogens is 360 g/mol. The van der Waals surface area contributed by atoms with E-state index < -0.39 is 41.6 Å². The molecule has 8 heteroatoms. The van der Waals surface area contributed by atoms with Crippen molar-refractivity contribution in [3.8, 4) is 6.07 Å². The van der Waals surface area contributed by atoms with Crippen LogP contribution in [0.1, 0.15) is 5.56 Å². The van der Waals surface area contributed by atoms with Gasteiger partial charge in [-0.3, -0.25) is 9.59 Å². The van der Waals surface area contributed by atoms with E-state index in [0.717, 1.165) is 4.90 Å². The van der Waals surface area contributed by atoms with E-state index in [2.05, 4.69) is 0 Å². The van der Waals surface area contributed by atoms with E-state index in [1.165, 1.54) is 12.1 Å². The number of fused-ring (bicyclic) bond motifs is 5. The Morgan fingerprint density at radius 1 is 1.23 bits per heavy atom. The maximum absolute atomic E-state index is 13.3. The fraction of sp³-hybridized carbons (Fsp3) is 0.389. The topological polar surface area (TPSA) is 88.9 Å². The Morgan fingerprint density at radius 2 is 2.00 bits per heavy atom. The SMILES string of the molecule is N#Cc1ccc(Cl)cc1N1C(=O)[C@@H]2[C@@H](C1=O)[C@@]1(C3OCCO3)C=C[C@H]2O1. The van der Waals surface area contributed by atoms with Gasteiger partial charge in [0.15, 0.2) is 11.9 Å². The fourth-order valence-electron chi connectivity index (χ4n) is 4.35. The summed E-state index contributed by atoms with van der Waals surface area (Å²) in [6.07, 6.45) is 2.31. The van der Waals surface area contributed by atoms with Crippen LogP contribution in [0.4, 0.5) is 5.69 Å². The average Bonchev–Trinajstić information content (AvgIpc) is 3.38. The second-order valence-corrected chi connectivity index (χ2v) is 7.09. The summed E-state index contributed by atoms with van der Waals surface area (Å²) >= 11 is 6.03. The highest BCUT2D eigenvalue weighted by Crippen LogP contribution is 2.55. The van der Waals surface area contributed by atoms with Crippen molar-refractivity contribution in [1.82, 2.24) is 0 Å². The highest BCUT2D eigenvalue weighted by molar-refractivity contribution is 6.31. The number of hydrogen-bond donors (Lipinski definition) is 0. The first kappa shape index (κ1) is 16.0. The van der Waals surface area contributed by atoms with E-state index in [4.69, 9.17) is 25.8 Å². The first-order valence-corrected chi connectivity index (χ1v) is 8.62. The second-order valence-electron chi connectivity index (χ2n) is 6.66. The summed E-state index contributed by atoms with van der Waals surface area (Å²) in [5.41, 5.74) is -0.703. The van der Waals surface area contributed by atoms with Gasteiger partial charge in [-0.1, -0.05) is 17.7 Å². The number of anilines is 1. The zero-order valence-electron chi connectivity index (χ0n) is 13.4. The number of rotatable bonds is 2. The van der Waals surface area contributed by atoms with Gasteiger partial charge in [0, 0.05) is 5.02 Å². The third-order valence-corrected chi connectivity index (χ3v) is 5.62. The van der Waals surface area contributed by atoms with Crippen LogP contribution in [0.5, 0.6) is 0 Å². The Hall–Kier alpha value is -2.24. The number of carbonyl (C=O) groups excluding carboxylic acids is 2. The van der Waals surface area contributed by atoms with Crippen LogP contribution >= 0.6 is 11.6 Å². The molecule has 2 bridgehead atoms. The van der Waals surface area contributed by atoms with E-state index in [0.29, 0.717) is 18.2 Å². The van der Waals surface area contributed by atoms with Crippen LogP contribution in [-0.2, 0) is 23.8 Å². The summed E-state index contributed by atoms with van der Waals surface area (Å²) in [4.78, 5) is 27.4. The number of ether oxygens (including phenoxy) is 3. The maximum atomic E-state index is 13.3. The molecule has 1 aromatic carbocycles. The van der Waals surface area contributed by atoms with Gasteiger partial charge in [-0.05, 0) is 24.3 Å². The largest absolute Gasteiger partial charge is 0.357 e. The summed E-state index contributed by atoms with van der Waals surface area (Å²) in [5, 5.41) is 9.70. The Balaban J connectivity index is 1.60. The highest BCUT2D eigenvalue weighted by Gasteiger charge is 2.71. The molecule has 2 amide bonds. The number of carbonyl (C=O) groups is 2. The molecule has 0 radical (unpaired) electrons. The smallest absolute Gasteiger partial charge is 0.241 e. The number of imide groups is 1. The Kier molecular flexibility index (Phi) is 3.30. The zero-order valence-corrected chi connectivity index (χ0v) is 14.2. The molecule has 3 saturated heterocycles. The van der Waals surface area contributed by atoms with E-state index in [9.17, 15) is 14.9 Å². The fourth-order valence-corrected chi connectivity index (χ4v) is 4.51. The normalized spacial score (nSPS) is 35.4. The van der Waals surface area contributed by atoms with Crippen molar-refractivity contribution in [2.45, 2.75) is 18.0 Å². The highest BCUT2D eigenvalue weighted by atomic mass is 35.5. The number of amides is 2. The van der Waals surface area contributed by atoms with Gasteiger partial charge in [-0.15, -0.1) is 0 Å². The third-order valence-electron chi connectivity index (χ3n) is 5.39. The van der Waals surface area contributed by atoms with E-state index in [1.807, 2.05) is 6.07 Å². The van der Waals surface area contributed by atoms with Crippen molar-refractivity contribution >= 4 is 29.1 Å². The summed E-state index contributed by atoms with van der Waals surface area (Å²) in [7, 11) is 0. The summed E-state index contributed by atoms with van der Waals surface area (Å²) < 4.78 is 17.2. The molecule has 5 rings (SSSR count). The van der Waals surface area contributed by atoms with Crippen LogP contribution in [0, 0.1) is 23.2 Å². The third kappa shape index (κ3) is 1.87. The van der Waals surface area contributed by atoms with Crippen molar-refractivity contribution < 1.29 is 23.8 Å². The van der Waals surface area contributed by atoms with Crippen LogP contribution in [0.15, 0.2) is 30.4 Å². The molecule has 0 N–H and O–H groups in total. The molecule has 4 aliphatic rings. The molecule has 4 atom stereocenters. The van der Waals surface area contributed by atoms with Gasteiger partial charge in [0.05, 0.1) is 42.4 Å². The van der Waals surface area contributed by atoms with Crippen LogP contribution in [0.2, 0.25) is 5.02 Å². The Labute approximate surface area is 153 Å². The Morgan fingerprint density at radius 3 is 2.73 bits per heavy atom. The van der Waals surface area contributed by atoms with Crippen molar-refractivity contribution in [2.75, 3.05) is 18.1 Å². The average molecular weight is 373 g/mol. The maximum Gasteiger partial charge on any atom is 0.241 e. The predicted molar refractivity (Wildman–Crippen MR) is 88.1 cm³/mol. The molecule has 0 unspecified atom stereocenters. The van der Waals surface area contributed by atoms with Crippen LogP contribution < -0.4 is 4.90 Å². The predicted octanol–water partition coefficient (Wildman–Crippen LogP) is 1.40. The lowest BCUT2D eigenvalue weighted by Crippen LogP contribution is -2.49. The molecule has 26 heavy (non-hydrogen) atoms. The van der Waals surface area contributed by atoms with E-state index >= 15 is 0 Å². The standard InChI is InChI=1S/C18H13ClN2O5/c19-10-2-1-9(8-20)11(7-10)21-15(22)13-12-3-4-18(26-12,14(13)16(21)23)17-24-5-6-25-17/h1-4,7,12-14,17H,5-6H2/t12-,13+,14+,18-/m1/s1. The molecule has 7 nitrogen and oxygen atoms in total. The van der Waals surface area contributed by atoms with Crippen molar-refractivity contribution in [1.29, 1.82) is 5.26 Å². The van der Waals surface area contributed by atoms with Gasteiger partial charge >= 0.3 is 0 Å². The van der Waals surface area contributed by atoms with Gasteiger partial charge < -0.3 is 14.2 Å². The molecule has 0 spiro atoms.